The van der Waals surface area contributed by atoms with E-state index in [1.165, 1.54) is 19.2 Å². The lowest BCUT2D eigenvalue weighted by Crippen LogP contribution is -2.06. The predicted molar refractivity (Wildman–Crippen MR) is 73.2 cm³/mol. The van der Waals surface area contributed by atoms with E-state index < -0.39 is 11.8 Å². The fourth-order valence-corrected chi connectivity index (χ4v) is 1.72. The first-order valence-corrected chi connectivity index (χ1v) is 6.00. The Morgan fingerprint density at radius 1 is 1.25 bits per heavy atom. The van der Waals surface area contributed by atoms with Gasteiger partial charge in [0.2, 0.25) is 0 Å². The number of phenols is 1. The number of halogens is 1. The summed E-state index contributed by atoms with van der Waals surface area (Å²) in [6.07, 6.45) is 0. The van der Waals surface area contributed by atoms with Crippen molar-refractivity contribution in [2.75, 3.05) is 12.4 Å². The van der Waals surface area contributed by atoms with E-state index in [2.05, 4.69) is 10.1 Å². The van der Waals surface area contributed by atoms with Crippen molar-refractivity contribution in [1.82, 2.24) is 0 Å². The number of anilines is 1. The van der Waals surface area contributed by atoms with Crippen LogP contribution in [0.1, 0.15) is 15.9 Å². The Balaban J connectivity index is 2.10. The number of esters is 1. The van der Waals surface area contributed by atoms with Gasteiger partial charge in [0.25, 0.3) is 0 Å². The molecule has 0 aliphatic heterocycles. The van der Waals surface area contributed by atoms with Crippen LogP contribution in [0, 0.1) is 5.82 Å². The van der Waals surface area contributed by atoms with Gasteiger partial charge in [0, 0.05) is 12.2 Å². The third kappa shape index (κ3) is 3.26. The number of ether oxygens (including phenoxy) is 1. The summed E-state index contributed by atoms with van der Waals surface area (Å²) in [6.45, 7) is 0.493. The van der Waals surface area contributed by atoms with Gasteiger partial charge >= 0.3 is 5.97 Å². The quantitative estimate of drug-likeness (QED) is 0.842. The maximum absolute atomic E-state index is 13.5. The second-order valence-electron chi connectivity index (χ2n) is 4.21. The fourth-order valence-electron chi connectivity index (χ4n) is 1.72. The Kier molecular flexibility index (Phi) is 4.20. The first-order chi connectivity index (χ1) is 9.60. The zero-order valence-corrected chi connectivity index (χ0v) is 10.9. The highest BCUT2D eigenvalue weighted by Crippen LogP contribution is 2.17. The van der Waals surface area contributed by atoms with Crippen molar-refractivity contribution >= 4 is 11.7 Å². The standard InChI is InChI=1S/C15H14FNO3/c1-20-15(19)13-8-11(4-7-14(13)16)17-9-10-2-5-12(18)6-3-10/h2-8,17-18H,9H2,1H3. The van der Waals surface area contributed by atoms with Crippen molar-refractivity contribution in [3.8, 4) is 5.75 Å². The Morgan fingerprint density at radius 2 is 1.95 bits per heavy atom. The van der Waals surface area contributed by atoms with Crippen LogP contribution in [-0.2, 0) is 11.3 Å². The van der Waals surface area contributed by atoms with Gasteiger partial charge in [-0.15, -0.1) is 0 Å². The average Bonchev–Trinajstić information content (AvgIpc) is 2.47. The molecule has 20 heavy (non-hydrogen) atoms. The number of benzene rings is 2. The first kappa shape index (κ1) is 13.9. The van der Waals surface area contributed by atoms with Gasteiger partial charge in [-0.25, -0.2) is 9.18 Å². The van der Waals surface area contributed by atoms with E-state index in [1.807, 2.05) is 0 Å². The van der Waals surface area contributed by atoms with Crippen LogP contribution in [0.2, 0.25) is 0 Å². The highest BCUT2D eigenvalue weighted by atomic mass is 19.1. The minimum atomic E-state index is -0.712. The van der Waals surface area contributed by atoms with Gasteiger partial charge in [-0.3, -0.25) is 0 Å². The van der Waals surface area contributed by atoms with Crippen LogP contribution < -0.4 is 5.32 Å². The molecule has 0 unspecified atom stereocenters. The van der Waals surface area contributed by atoms with Gasteiger partial charge in [0.1, 0.15) is 11.6 Å². The molecule has 0 bridgehead atoms. The number of methoxy groups -OCH3 is 1. The number of nitrogens with one attached hydrogen (secondary N) is 1. The minimum Gasteiger partial charge on any atom is -0.508 e. The third-order valence-corrected chi connectivity index (χ3v) is 2.80. The molecule has 4 nitrogen and oxygen atoms in total. The van der Waals surface area contributed by atoms with Crippen molar-refractivity contribution in [2.24, 2.45) is 0 Å². The van der Waals surface area contributed by atoms with E-state index in [-0.39, 0.29) is 11.3 Å². The van der Waals surface area contributed by atoms with Crippen molar-refractivity contribution in [3.05, 3.63) is 59.4 Å². The van der Waals surface area contributed by atoms with Crippen LogP contribution in [0.25, 0.3) is 0 Å². The largest absolute Gasteiger partial charge is 0.508 e. The molecule has 0 amide bonds. The molecular formula is C15H14FNO3. The molecule has 0 heterocycles. The lowest BCUT2D eigenvalue weighted by Gasteiger charge is -2.09. The summed E-state index contributed by atoms with van der Waals surface area (Å²) in [5, 5.41) is 12.3. The van der Waals surface area contributed by atoms with Gasteiger partial charge in [-0.1, -0.05) is 12.1 Å². The average molecular weight is 275 g/mol. The molecule has 104 valence electrons. The lowest BCUT2D eigenvalue weighted by molar-refractivity contribution is 0.0595. The van der Waals surface area contributed by atoms with E-state index in [1.54, 1.807) is 30.3 Å². The predicted octanol–water partition coefficient (Wildman–Crippen LogP) is 2.93. The molecule has 5 heteroatoms. The lowest BCUT2D eigenvalue weighted by atomic mass is 10.1. The molecule has 2 aromatic rings. The van der Waals surface area contributed by atoms with Gasteiger partial charge < -0.3 is 15.2 Å². The molecule has 2 N–H and O–H groups in total. The minimum absolute atomic E-state index is 0.108. The van der Waals surface area contributed by atoms with E-state index >= 15 is 0 Å². The number of aromatic hydroxyl groups is 1. The first-order valence-electron chi connectivity index (χ1n) is 6.00. The number of carbonyl (C=O) groups is 1. The molecule has 2 aromatic carbocycles. The van der Waals surface area contributed by atoms with Crippen LogP contribution in [0.5, 0.6) is 5.75 Å². The van der Waals surface area contributed by atoms with E-state index in [9.17, 15) is 14.3 Å². The van der Waals surface area contributed by atoms with E-state index in [4.69, 9.17) is 0 Å². The molecule has 0 fully saturated rings. The van der Waals surface area contributed by atoms with Gasteiger partial charge in [-0.05, 0) is 35.9 Å². The van der Waals surface area contributed by atoms with Crippen LogP contribution >= 0.6 is 0 Å². The molecule has 0 aliphatic rings. The number of carbonyl (C=O) groups excluding carboxylic acids is 1. The number of rotatable bonds is 4. The summed E-state index contributed by atoms with van der Waals surface area (Å²) in [5.74, 6) is -1.13. The molecule has 0 aromatic heterocycles. The maximum Gasteiger partial charge on any atom is 0.340 e. The molecule has 0 atom stereocenters. The van der Waals surface area contributed by atoms with E-state index in [0.29, 0.717) is 12.2 Å². The Bertz CT molecular complexity index is 611. The summed E-state index contributed by atoms with van der Waals surface area (Å²) in [6, 6.07) is 10.9. The number of phenolic OH excluding ortho intramolecular Hbond substituents is 1. The highest BCUT2D eigenvalue weighted by Gasteiger charge is 2.12. The van der Waals surface area contributed by atoms with Gasteiger partial charge in [0.05, 0.1) is 12.7 Å². The zero-order valence-electron chi connectivity index (χ0n) is 10.9. The second kappa shape index (κ2) is 6.06. The topological polar surface area (TPSA) is 58.6 Å². The molecule has 0 radical (unpaired) electrons. The van der Waals surface area contributed by atoms with Gasteiger partial charge in [0.15, 0.2) is 0 Å². The monoisotopic (exact) mass is 275 g/mol. The molecule has 0 spiro atoms. The highest BCUT2D eigenvalue weighted by molar-refractivity contribution is 5.90. The van der Waals surface area contributed by atoms with Crippen molar-refractivity contribution in [1.29, 1.82) is 0 Å². The Hall–Kier alpha value is -2.56. The molecule has 2 rings (SSSR count). The fraction of sp³-hybridized carbons (Fsp3) is 0.133. The SMILES string of the molecule is COC(=O)c1cc(NCc2ccc(O)cc2)ccc1F. The number of hydrogen-bond donors (Lipinski definition) is 2. The molecule has 0 saturated heterocycles. The van der Waals surface area contributed by atoms with Crippen molar-refractivity contribution in [3.63, 3.8) is 0 Å². The molecular weight excluding hydrogens is 261 g/mol. The molecule has 0 aliphatic carbocycles. The number of hydrogen-bond acceptors (Lipinski definition) is 4. The van der Waals surface area contributed by atoms with Crippen LogP contribution in [0.3, 0.4) is 0 Å². The van der Waals surface area contributed by atoms with Crippen LogP contribution in [-0.4, -0.2) is 18.2 Å². The van der Waals surface area contributed by atoms with Crippen molar-refractivity contribution in [2.45, 2.75) is 6.54 Å². The maximum atomic E-state index is 13.5. The van der Waals surface area contributed by atoms with Crippen molar-refractivity contribution < 1.29 is 19.0 Å². The summed E-state index contributed by atoms with van der Waals surface area (Å²) in [7, 11) is 1.21. The summed E-state index contributed by atoms with van der Waals surface area (Å²) >= 11 is 0. The summed E-state index contributed by atoms with van der Waals surface area (Å²) < 4.78 is 18.0. The summed E-state index contributed by atoms with van der Waals surface area (Å²) in [5.41, 5.74) is 1.45. The zero-order chi connectivity index (χ0) is 14.5. The summed E-state index contributed by atoms with van der Waals surface area (Å²) in [4.78, 5) is 11.4. The second-order valence-corrected chi connectivity index (χ2v) is 4.21. The van der Waals surface area contributed by atoms with Crippen LogP contribution in [0.15, 0.2) is 42.5 Å². The van der Waals surface area contributed by atoms with Crippen LogP contribution in [0.4, 0.5) is 10.1 Å². The smallest absolute Gasteiger partial charge is 0.340 e. The Labute approximate surface area is 115 Å². The normalized spacial score (nSPS) is 10.1. The Morgan fingerprint density at radius 3 is 2.60 bits per heavy atom. The third-order valence-electron chi connectivity index (χ3n) is 2.80. The van der Waals surface area contributed by atoms with Gasteiger partial charge in [-0.2, -0.15) is 0 Å². The molecule has 0 saturated carbocycles. The van der Waals surface area contributed by atoms with E-state index in [0.717, 1.165) is 5.56 Å².